The van der Waals surface area contributed by atoms with Crippen molar-refractivity contribution in [2.75, 3.05) is 13.7 Å². The fourth-order valence-corrected chi connectivity index (χ4v) is 6.22. The summed E-state index contributed by atoms with van der Waals surface area (Å²) in [6.45, 7) is -0.609. The Balaban J connectivity index is 1.57. The number of likely N-dealkylation sites (tertiary alicyclic amines) is 1. The van der Waals surface area contributed by atoms with E-state index >= 15 is 0 Å². The lowest BCUT2D eigenvalue weighted by molar-refractivity contribution is -0.154. The molecule has 2 saturated heterocycles. The van der Waals surface area contributed by atoms with Crippen molar-refractivity contribution >= 4 is 17.8 Å². The maximum atomic E-state index is 13.9. The standard InChI is InChI=1S/C28H32N2O7/c1-36-20-14-8-13-19(24(20)37-15-17-9-4-2-5-10-17)23-21-22(28(16-31,29-23)27(34)35)26(33)30(25(21)32)18-11-6-3-7-12-18/h2,4-5,8-10,13-14,18,21-23,29,31H,3,6-7,11-12,15-16H2,1H3,(H,34,35). The number of aliphatic hydroxyl groups excluding tert-OH is 1. The lowest BCUT2D eigenvalue weighted by atomic mass is 9.79. The number of carbonyl (C=O) groups is 3. The van der Waals surface area contributed by atoms with Crippen molar-refractivity contribution < 1.29 is 34.1 Å². The third kappa shape index (κ3) is 4.16. The van der Waals surface area contributed by atoms with Gasteiger partial charge in [0.25, 0.3) is 0 Å². The van der Waals surface area contributed by atoms with Gasteiger partial charge in [0.2, 0.25) is 11.8 Å². The summed E-state index contributed by atoms with van der Waals surface area (Å²) in [7, 11) is 1.50. The van der Waals surface area contributed by atoms with E-state index in [1.165, 1.54) is 12.0 Å². The van der Waals surface area contributed by atoms with E-state index in [0.717, 1.165) is 24.8 Å². The summed E-state index contributed by atoms with van der Waals surface area (Å²) in [6.07, 6.45) is 4.29. The molecule has 2 aromatic rings. The lowest BCUT2D eigenvalue weighted by Crippen LogP contribution is -2.59. The van der Waals surface area contributed by atoms with Crippen molar-refractivity contribution in [2.45, 2.75) is 56.3 Å². The van der Waals surface area contributed by atoms with Gasteiger partial charge in [-0.25, -0.2) is 0 Å². The average Bonchev–Trinajstić information content (AvgIpc) is 3.42. The highest BCUT2D eigenvalue weighted by Gasteiger charge is 2.69. The zero-order chi connectivity index (χ0) is 26.2. The molecular weight excluding hydrogens is 476 g/mol. The normalized spacial score (nSPS) is 27.8. The first kappa shape index (κ1) is 25.2. The molecule has 3 fully saturated rings. The van der Waals surface area contributed by atoms with Crippen LogP contribution in [0.5, 0.6) is 11.5 Å². The summed E-state index contributed by atoms with van der Waals surface area (Å²) in [5, 5.41) is 23.6. The first-order valence-corrected chi connectivity index (χ1v) is 12.8. The molecule has 2 amide bonds. The van der Waals surface area contributed by atoms with Crippen LogP contribution in [0.4, 0.5) is 0 Å². The second-order valence-electron chi connectivity index (χ2n) is 10.1. The van der Waals surface area contributed by atoms with Gasteiger partial charge in [0, 0.05) is 17.6 Å². The Hall–Kier alpha value is -3.43. The molecule has 4 atom stereocenters. The van der Waals surface area contributed by atoms with E-state index < -0.39 is 47.8 Å². The Labute approximate surface area is 215 Å². The summed E-state index contributed by atoms with van der Waals surface area (Å²) in [6, 6.07) is 13.6. The number of amides is 2. The van der Waals surface area contributed by atoms with Crippen LogP contribution in [-0.4, -0.2) is 58.2 Å². The minimum atomic E-state index is -1.99. The second kappa shape index (κ2) is 10.1. The monoisotopic (exact) mass is 508 g/mol. The van der Waals surface area contributed by atoms with Crippen LogP contribution < -0.4 is 14.8 Å². The van der Waals surface area contributed by atoms with E-state index in [4.69, 9.17) is 9.47 Å². The molecule has 1 aliphatic carbocycles. The van der Waals surface area contributed by atoms with Crippen molar-refractivity contribution in [1.82, 2.24) is 10.2 Å². The third-order valence-corrected chi connectivity index (χ3v) is 8.05. The third-order valence-electron chi connectivity index (χ3n) is 8.05. The van der Waals surface area contributed by atoms with Crippen LogP contribution in [0.15, 0.2) is 48.5 Å². The minimum Gasteiger partial charge on any atom is -0.493 e. The number of nitrogens with zero attached hydrogens (tertiary/aromatic N) is 1. The van der Waals surface area contributed by atoms with Gasteiger partial charge < -0.3 is 19.7 Å². The SMILES string of the molecule is COc1cccc(C2NC(CO)(C(=O)O)C3C(=O)N(C4CCCCC4)C(=O)C23)c1OCc1ccccc1. The summed E-state index contributed by atoms with van der Waals surface area (Å²) in [5.74, 6) is -3.74. The highest BCUT2D eigenvalue weighted by molar-refractivity contribution is 6.09. The number of hydrogen-bond donors (Lipinski definition) is 3. The first-order valence-electron chi connectivity index (χ1n) is 12.8. The predicted molar refractivity (Wildman–Crippen MR) is 133 cm³/mol. The molecule has 9 nitrogen and oxygen atoms in total. The molecule has 2 aromatic carbocycles. The van der Waals surface area contributed by atoms with E-state index in [-0.39, 0.29) is 12.6 Å². The molecule has 196 valence electrons. The van der Waals surface area contributed by atoms with Crippen LogP contribution in [0, 0.1) is 11.8 Å². The number of fused-ring (bicyclic) bond motifs is 1. The molecule has 0 radical (unpaired) electrons. The number of benzene rings is 2. The summed E-state index contributed by atoms with van der Waals surface area (Å²) >= 11 is 0. The van der Waals surface area contributed by atoms with Gasteiger partial charge in [-0.05, 0) is 24.5 Å². The largest absolute Gasteiger partial charge is 0.493 e. The van der Waals surface area contributed by atoms with Gasteiger partial charge >= 0.3 is 5.97 Å². The number of carboxylic acid groups (broad SMARTS) is 1. The number of carbonyl (C=O) groups excluding carboxylic acids is 2. The quantitative estimate of drug-likeness (QED) is 0.465. The molecule has 3 N–H and O–H groups in total. The summed E-state index contributed by atoms with van der Waals surface area (Å²) < 4.78 is 11.7. The number of rotatable bonds is 8. The van der Waals surface area contributed by atoms with E-state index in [2.05, 4.69) is 5.32 Å². The Morgan fingerprint density at radius 3 is 2.43 bits per heavy atom. The van der Waals surface area contributed by atoms with E-state index in [1.807, 2.05) is 30.3 Å². The lowest BCUT2D eigenvalue weighted by Gasteiger charge is -2.34. The molecule has 37 heavy (non-hydrogen) atoms. The Morgan fingerprint density at radius 2 is 1.78 bits per heavy atom. The van der Waals surface area contributed by atoms with E-state index in [0.29, 0.717) is 29.9 Å². The van der Waals surface area contributed by atoms with Crippen molar-refractivity contribution in [3.63, 3.8) is 0 Å². The number of aliphatic hydroxyl groups is 1. The number of carboxylic acids is 1. The molecule has 0 aromatic heterocycles. The molecule has 9 heteroatoms. The van der Waals surface area contributed by atoms with Crippen molar-refractivity contribution in [3.05, 3.63) is 59.7 Å². The molecule has 2 aliphatic heterocycles. The molecule has 1 saturated carbocycles. The zero-order valence-corrected chi connectivity index (χ0v) is 20.8. The van der Waals surface area contributed by atoms with Crippen molar-refractivity contribution in [2.24, 2.45) is 11.8 Å². The Kier molecular flexibility index (Phi) is 6.92. The summed E-state index contributed by atoms with van der Waals surface area (Å²) in [5.41, 5.74) is -0.568. The van der Waals surface area contributed by atoms with Crippen LogP contribution in [0.3, 0.4) is 0 Å². The second-order valence-corrected chi connectivity index (χ2v) is 10.1. The van der Waals surface area contributed by atoms with Gasteiger partial charge in [-0.2, -0.15) is 0 Å². The number of ether oxygens (including phenoxy) is 2. The maximum Gasteiger partial charge on any atom is 0.327 e. The number of nitrogens with one attached hydrogen (secondary N) is 1. The van der Waals surface area contributed by atoms with Gasteiger partial charge in [0.1, 0.15) is 6.61 Å². The van der Waals surface area contributed by atoms with E-state index in [1.54, 1.807) is 18.2 Å². The number of aliphatic carboxylic acids is 1. The van der Waals surface area contributed by atoms with Gasteiger partial charge in [0.05, 0.1) is 25.6 Å². The van der Waals surface area contributed by atoms with Gasteiger partial charge in [0.15, 0.2) is 17.0 Å². The van der Waals surface area contributed by atoms with Crippen molar-refractivity contribution in [1.29, 1.82) is 0 Å². The first-order chi connectivity index (χ1) is 17.9. The van der Waals surface area contributed by atoms with Gasteiger partial charge in [-0.15, -0.1) is 0 Å². The number of hydrogen-bond acceptors (Lipinski definition) is 7. The topological polar surface area (TPSA) is 125 Å². The van der Waals surface area contributed by atoms with Crippen molar-refractivity contribution in [3.8, 4) is 11.5 Å². The fraction of sp³-hybridized carbons (Fsp3) is 0.464. The smallest absolute Gasteiger partial charge is 0.327 e. The van der Waals surface area contributed by atoms with Crippen LogP contribution in [0.2, 0.25) is 0 Å². The zero-order valence-electron chi connectivity index (χ0n) is 20.8. The molecular formula is C28H32N2O7. The highest BCUT2D eigenvalue weighted by atomic mass is 16.5. The number of imide groups is 1. The number of methoxy groups -OCH3 is 1. The Bertz CT molecular complexity index is 1180. The maximum absolute atomic E-state index is 13.9. The van der Waals surface area contributed by atoms with Crippen LogP contribution >= 0.6 is 0 Å². The van der Waals surface area contributed by atoms with Crippen LogP contribution in [0.1, 0.15) is 49.3 Å². The predicted octanol–water partition coefficient (Wildman–Crippen LogP) is 2.67. The van der Waals surface area contributed by atoms with Crippen LogP contribution in [0.25, 0.3) is 0 Å². The van der Waals surface area contributed by atoms with Gasteiger partial charge in [-0.3, -0.25) is 24.6 Å². The van der Waals surface area contributed by atoms with Gasteiger partial charge in [-0.1, -0.05) is 61.7 Å². The molecule has 5 rings (SSSR count). The Morgan fingerprint density at radius 1 is 1.05 bits per heavy atom. The molecule has 0 spiro atoms. The molecule has 0 bridgehead atoms. The molecule has 4 unspecified atom stereocenters. The summed E-state index contributed by atoms with van der Waals surface area (Å²) in [4.78, 5) is 41.4. The number of para-hydroxylation sites is 1. The minimum absolute atomic E-state index is 0.222. The average molecular weight is 509 g/mol. The highest BCUT2D eigenvalue weighted by Crippen LogP contribution is 2.52. The van der Waals surface area contributed by atoms with E-state index in [9.17, 15) is 24.6 Å². The molecule has 2 heterocycles. The fourth-order valence-electron chi connectivity index (χ4n) is 6.22. The molecule has 3 aliphatic rings. The van der Waals surface area contributed by atoms with Crippen LogP contribution in [-0.2, 0) is 21.0 Å².